The number of halogens is 2. The van der Waals surface area contributed by atoms with Crippen molar-refractivity contribution in [3.05, 3.63) is 87.5 Å². The van der Waals surface area contributed by atoms with Crippen molar-refractivity contribution in [2.45, 2.75) is 33.1 Å². The maximum absolute atomic E-state index is 2.36. The molecule has 0 bridgehead atoms. The van der Waals surface area contributed by atoms with Crippen molar-refractivity contribution in [3.63, 3.8) is 0 Å². The van der Waals surface area contributed by atoms with Crippen LogP contribution >= 0.6 is 23.1 Å². The molecule has 1 atom stereocenters. The summed E-state index contributed by atoms with van der Waals surface area (Å²) in [7, 11) is 0. The Labute approximate surface area is 220 Å². The summed E-state index contributed by atoms with van der Waals surface area (Å²) in [4.78, 5) is 5.93. The molecule has 1 aromatic heterocycles. The Morgan fingerprint density at radius 3 is 2.53 bits per heavy atom. The van der Waals surface area contributed by atoms with Crippen LogP contribution in [0.3, 0.4) is 0 Å². The molecule has 0 amide bonds. The van der Waals surface area contributed by atoms with Crippen molar-refractivity contribution in [2.75, 3.05) is 0 Å². The van der Waals surface area contributed by atoms with Crippen LogP contribution in [-0.4, -0.2) is 0 Å². The molecule has 1 unspecified atom stereocenters. The zero-order valence-corrected chi connectivity index (χ0v) is 22.8. The number of thioether (sulfide) groups is 1. The normalized spacial score (nSPS) is 15.7. The summed E-state index contributed by atoms with van der Waals surface area (Å²) < 4.78 is 0. The number of benzene rings is 1. The van der Waals surface area contributed by atoms with Crippen LogP contribution in [0, 0.1) is 5.92 Å². The molecule has 2 heterocycles. The molecule has 0 N–H and O–H groups in total. The second kappa shape index (κ2) is 13.2. The molecule has 155 valence electrons. The Hall–Kier alpha value is -0.437. The van der Waals surface area contributed by atoms with Crippen LogP contribution in [0.4, 0.5) is 0 Å². The molecule has 1 aliphatic carbocycles. The van der Waals surface area contributed by atoms with Gasteiger partial charge in [-0.3, -0.25) is 0 Å². The van der Waals surface area contributed by atoms with Crippen molar-refractivity contribution < 1.29 is 51.0 Å². The van der Waals surface area contributed by atoms with Gasteiger partial charge in [0.25, 0.3) is 0 Å². The Morgan fingerprint density at radius 2 is 1.83 bits per heavy atom. The Bertz CT molecular complexity index is 994. The van der Waals surface area contributed by atoms with E-state index in [9.17, 15) is 0 Å². The van der Waals surface area contributed by atoms with Crippen LogP contribution in [0.1, 0.15) is 31.6 Å². The topological polar surface area (TPSA) is 0 Å². The van der Waals surface area contributed by atoms with E-state index in [0.717, 1.165) is 0 Å². The summed E-state index contributed by atoms with van der Waals surface area (Å²) in [5.41, 5.74) is 1.36. The third-order valence-corrected chi connectivity index (χ3v) is 7.46. The fourth-order valence-corrected chi connectivity index (χ4v) is 5.69. The van der Waals surface area contributed by atoms with E-state index in [-0.39, 0.29) is 51.0 Å². The number of allylic oxidation sites excluding steroid dienone is 6. The summed E-state index contributed by atoms with van der Waals surface area (Å²) in [6.07, 6.45) is 12.6. The van der Waals surface area contributed by atoms with Gasteiger partial charge in [0.2, 0.25) is 0 Å². The van der Waals surface area contributed by atoms with Gasteiger partial charge in [0, 0.05) is 10.8 Å². The van der Waals surface area contributed by atoms with Gasteiger partial charge in [-0.2, -0.15) is 11.3 Å². The van der Waals surface area contributed by atoms with Crippen LogP contribution in [-0.2, 0) is 32.6 Å². The molecule has 3 aromatic rings. The molecule has 5 heteroatoms. The van der Waals surface area contributed by atoms with Gasteiger partial charge in [0.1, 0.15) is 0 Å². The molecule has 0 nitrogen and oxygen atoms in total. The third-order valence-electron chi connectivity index (χ3n) is 4.93. The molecular weight excluding hydrogens is 527 g/mol. The average molecular weight is 552 g/mol. The first kappa shape index (κ1) is 27.6. The summed E-state index contributed by atoms with van der Waals surface area (Å²) in [6.45, 7) is 4.44. The van der Waals surface area contributed by atoms with E-state index in [2.05, 4.69) is 86.7 Å². The molecule has 0 saturated carbocycles. The summed E-state index contributed by atoms with van der Waals surface area (Å²) in [6, 6.07) is 17.7. The Morgan fingerprint density at radius 1 is 1.03 bits per heavy atom. The molecule has 30 heavy (non-hydrogen) atoms. The van der Waals surface area contributed by atoms with Crippen LogP contribution in [0.2, 0.25) is 0 Å². The first-order chi connectivity index (χ1) is 13.3. The standard InChI is InChI=1S/C16H15S.C9H10S.2ClH.Zr/c1-2-5-15-8-9-16(17-15)14-10-12-6-3-4-7-13(12)11-14;1-2-8-6-7-4-3-5-9(7)10-8;;;/h3-4,6-11H,2,5H2,1H3;3-7H,2H2,1H3;2*1H;/q-1;;;;+3/p-2. The SMILES string of the molecule is CCC1=CC2C=CC=C2S1.CCCc1ccc(-c2cc3ccccc3[cH-]2)s1.[Cl-].[Cl-].[Zr+3]. The molecular formula is C25H25Cl2S2Zr. The van der Waals surface area contributed by atoms with Crippen molar-refractivity contribution in [1.82, 2.24) is 0 Å². The molecule has 0 saturated heterocycles. The van der Waals surface area contributed by atoms with Crippen molar-refractivity contribution in [1.29, 1.82) is 0 Å². The maximum Gasteiger partial charge on any atom is 3.00 e. The quantitative estimate of drug-likeness (QED) is 0.449. The van der Waals surface area contributed by atoms with Crippen LogP contribution in [0.15, 0.2) is 82.6 Å². The van der Waals surface area contributed by atoms with Gasteiger partial charge in [-0.25, -0.2) is 0 Å². The van der Waals surface area contributed by atoms with Crippen LogP contribution in [0.5, 0.6) is 0 Å². The van der Waals surface area contributed by atoms with Crippen LogP contribution in [0.25, 0.3) is 21.2 Å². The monoisotopic (exact) mass is 549 g/mol. The van der Waals surface area contributed by atoms with Gasteiger partial charge < -0.3 is 24.8 Å². The number of hydrogen-bond acceptors (Lipinski definition) is 2. The predicted molar refractivity (Wildman–Crippen MR) is 124 cm³/mol. The minimum Gasteiger partial charge on any atom is -1.00 e. The summed E-state index contributed by atoms with van der Waals surface area (Å²) in [5.74, 6) is 0.639. The Balaban J connectivity index is 0.000000302. The van der Waals surface area contributed by atoms with Gasteiger partial charge in [0.05, 0.1) is 0 Å². The molecule has 2 aromatic carbocycles. The molecule has 1 radical (unpaired) electrons. The predicted octanol–water partition coefficient (Wildman–Crippen LogP) is 2.34. The van der Waals surface area contributed by atoms with E-state index in [1.54, 1.807) is 0 Å². The molecule has 1 aliphatic heterocycles. The van der Waals surface area contributed by atoms with Gasteiger partial charge in [-0.05, 0) is 27.5 Å². The fraction of sp³-hybridized carbons (Fsp3) is 0.240. The van der Waals surface area contributed by atoms with Crippen molar-refractivity contribution in [2.24, 2.45) is 5.92 Å². The van der Waals surface area contributed by atoms with E-state index in [4.69, 9.17) is 0 Å². The van der Waals surface area contributed by atoms with Gasteiger partial charge in [-0.1, -0.05) is 86.7 Å². The smallest absolute Gasteiger partial charge is 1.00 e. The molecule has 5 rings (SSSR count). The number of fused-ring (bicyclic) bond motifs is 2. The molecule has 0 spiro atoms. The molecule has 2 aliphatic rings. The third kappa shape index (κ3) is 6.53. The fourth-order valence-electron chi connectivity index (χ4n) is 3.50. The van der Waals surface area contributed by atoms with Crippen molar-refractivity contribution in [3.8, 4) is 10.4 Å². The zero-order chi connectivity index (χ0) is 18.6. The Kier molecular flexibility index (Phi) is 12.1. The number of thiophene rings is 1. The van der Waals surface area contributed by atoms with E-state index in [1.807, 2.05) is 23.1 Å². The summed E-state index contributed by atoms with van der Waals surface area (Å²) >= 11 is 3.87. The summed E-state index contributed by atoms with van der Waals surface area (Å²) in [5, 5.41) is 2.68. The first-order valence-electron chi connectivity index (χ1n) is 9.78. The van der Waals surface area contributed by atoms with E-state index in [0.29, 0.717) is 5.92 Å². The largest absolute Gasteiger partial charge is 3.00 e. The van der Waals surface area contributed by atoms with Gasteiger partial charge in [-0.15, -0.1) is 34.5 Å². The second-order valence-corrected chi connectivity index (χ2v) is 9.33. The van der Waals surface area contributed by atoms with Gasteiger partial charge in [0.15, 0.2) is 0 Å². The minimum absolute atomic E-state index is 0. The minimum atomic E-state index is 0. The van der Waals surface area contributed by atoms with Gasteiger partial charge >= 0.3 is 26.2 Å². The zero-order valence-electron chi connectivity index (χ0n) is 17.2. The average Bonchev–Trinajstić information content (AvgIpc) is 3.44. The number of hydrogen-bond donors (Lipinski definition) is 0. The van der Waals surface area contributed by atoms with E-state index >= 15 is 0 Å². The van der Waals surface area contributed by atoms with E-state index in [1.165, 1.54) is 55.2 Å². The number of aryl methyl sites for hydroxylation is 1. The van der Waals surface area contributed by atoms with E-state index < -0.39 is 0 Å². The van der Waals surface area contributed by atoms with Crippen molar-refractivity contribution >= 4 is 33.9 Å². The first-order valence-corrected chi connectivity index (χ1v) is 11.4. The maximum atomic E-state index is 2.36. The second-order valence-electron chi connectivity index (χ2n) is 6.96. The molecule has 0 fully saturated rings. The van der Waals surface area contributed by atoms with Crippen LogP contribution < -0.4 is 24.8 Å². The number of rotatable bonds is 4.